The standard InChI is InChI=1S/C11H14Cl2N2O2/c1-17-6-5-8(14)11(16)15-9-4-2-3-7(12)10(9)13/h2-4,8H,5-6,14H2,1H3,(H,15,16). The molecule has 0 saturated heterocycles. The number of hydrogen-bond donors (Lipinski definition) is 2. The number of carbonyl (C=O) groups excluding carboxylic acids is 1. The van der Waals surface area contributed by atoms with Gasteiger partial charge in [-0.3, -0.25) is 4.79 Å². The first-order valence-corrected chi connectivity index (χ1v) is 5.81. The maximum Gasteiger partial charge on any atom is 0.241 e. The number of rotatable bonds is 5. The van der Waals surface area contributed by atoms with Gasteiger partial charge in [-0.15, -0.1) is 0 Å². The summed E-state index contributed by atoms with van der Waals surface area (Å²) in [7, 11) is 1.55. The second-order valence-electron chi connectivity index (χ2n) is 3.48. The molecule has 1 aromatic carbocycles. The molecular formula is C11H14Cl2N2O2. The van der Waals surface area contributed by atoms with Gasteiger partial charge in [0.05, 0.1) is 21.8 Å². The Hall–Kier alpha value is -0.810. The number of halogens is 2. The molecule has 0 aliphatic carbocycles. The fourth-order valence-corrected chi connectivity index (χ4v) is 1.55. The van der Waals surface area contributed by atoms with Crippen LogP contribution in [0.25, 0.3) is 0 Å². The van der Waals surface area contributed by atoms with Crippen molar-refractivity contribution in [3.63, 3.8) is 0 Å². The Morgan fingerprint density at radius 2 is 2.24 bits per heavy atom. The molecule has 0 aliphatic heterocycles. The highest BCUT2D eigenvalue weighted by Gasteiger charge is 2.15. The monoisotopic (exact) mass is 276 g/mol. The highest BCUT2D eigenvalue weighted by atomic mass is 35.5. The lowest BCUT2D eigenvalue weighted by atomic mass is 10.2. The van der Waals surface area contributed by atoms with Gasteiger partial charge in [0.2, 0.25) is 5.91 Å². The lowest BCUT2D eigenvalue weighted by Crippen LogP contribution is -2.36. The van der Waals surface area contributed by atoms with Gasteiger partial charge in [-0.05, 0) is 18.6 Å². The third-order valence-corrected chi connectivity index (χ3v) is 3.00. The summed E-state index contributed by atoms with van der Waals surface area (Å²) in [6.07, 6.45) is 0.445. The van der Waals surface area contributed by atoms with Gasteiger partial charge in [0, 0.05) is 13.7 Å². The first-order chi connectivity index (χ1) is 8.06. The summed E-state index contributed by atoms with van der Waals surface area (Å²) in [5, 5.41) is 3.31. The molecule has 0 aliphatic rings. The minimum absolute atomic E-state index is 0.307. The molecule has 0 heterocycles. The van der Waals surface area contributed by atoms with Gasteiger partial charge in [-0.25, -0.2) is 0 Å². The molecule has 94 valence electrons. The zero-order chi connectivity index (χ0) is 12.8. The number of methoxy groups -OCH3 is 1. The van der Waals surface area contributed by atoms with E-state index in [-0.39, 0.29) is 5.91 Å². The van der Waals surface area contributed by atoms with E-state index in [1.165, 1.54) is 0 Å². The van der Waals surface area contributed by atoms with Gasteiger partial charge in [0.1, 0.15) is 0 Å². The quantitative estimate of drug-likeness (QED) is 0.868. The summed E-state index contributed by atoms with van der Waals surface area (Å²) in [6, 6.07) is 4.37. The zero-order valence-corrected chi connectivity index (χ0v) is 10.9. The molecule has 4 nitrogen and oxygen atoms in total. The van der Waals surface area contributed by atoms with Crippen LogP contribution in [0.2, 0.25) is 10.0 Å². The highest BCUT2D eigenvalue weighted by Crippen LogP contribution is 2.29. The van der Waals surface area contributed by atoms with Crippen molar-refractivity contribution in [2.75, 3.05) is 19.0 Å². The summed E-state index contributed by atoms with van der Waals surface area (Å²) < 4.78 is 4.85. The van der Waals surface area contributed by atoms with Crippen molar-refractivity contribution < 1.29 is 9.53 Å². The Bertz CT molecular complexity index is 399. The molecule has 1 aromatic rings. The maximum absolute atomic E-state index is 11.7. The van der Waals surface area contributed by atoms with Crippen LogP contribution in [0, 0.1) is 0 Å². The molecule has 0 saturated carbocycles. The van der Waals surface area contributed by atoms with Crippen LogP contribution in [0.15, 0.2) is 18.2 Å². The molecule has 0 aromatic heterocycles. The Kier molecular flexibility index (Phi) is 5.71. The van der Waals surface area contributed by atoms with E-state index in [0.717, 1.165) is 0 Å². The third kappa shape index (κ3) is 4.16. The van der Waals surface area contributed by atoms with E-state index in [9.17, 15) is 4.79 Å². The normalized spacial score (nSPS) is 12.2. The van der Waals surface area contributed by atoms with Crippen LogP contribution in [0.5, 0.6) is 0 Å². The minimum atomic E-state index is -0.634. The van der Waals surface area contributed by atoms with Crippen LogP contribution >= 0.6 is 23.2 Å². The summed E-state index contributed by atoms with van der Waals surface area (Å²) in [5.74, 6) is -0.314. The summed E-state index contributed by atoms with van der Waals surface area (Å²) in [5.41, 5.74) is 6.13. The fraction of sp³-hybridized carbons (Fsp3) is 0.364. The first-order valence-electron chi connectivity index (χ1n) is 5.05. The molecule has 1 rings (SSSR count). The summed E-state index contributed by atoms with van der Waals surface area (Å²) in [6.45, 7) is 0.428. The predicted molar refractivity (Wildman–Crippen MR) is 69.6 cm³/mol. The van der Waals surface area contributed by atoms with Crippen molar-refractivity contribution >= 4 is 34.8 Å². The molecule has 1 unspecified atom stereocenters. The van der Waals surface area contributed by atoms with Crippen molar-refractivity contribution in [2.24, 2.45) is 5.73 Å². The number of nitrogens with two attached hydrogens (primary N) is 1. The highest BCUT2D eigenvalue weighted by molar-refractivity contribution is 6.44. The molecule has 0 bridgehead atoms. The van der Waals surface area contributed by atoms with E-state index in [1.54, 1.807) is 25.3 Å². The average molecular weight is 277 g/mol. The lowest BCUT2D eigenvalue weighted by molar-refractivity contribution is -0.117. The second-order valence-corrected chi connectivity index (χ2v) is 4.26. The van der Waals surface area contributed by atoms with Crippen LogP contribution in [0.4, 0.5) is 5.69 Å². The largest absolute Gasteiger partial charge is 0.385 e. The van der Waals surface area contributed by atoms with E-state index in [2.05, 4.69) is 5.32 Å². The van der Waals surface area contributed by atoms with E-state index >= 15 is 0 Å². The van der Waals surface area contributed by atoms with Crippen molar-refractivity contribution in [3.8, 4) is 0 Å². The van der Waals surface area contributed by atoms with Gasteiger partial charge >= 0.3 is 0 Å². The molecule has 3 N–H and O–H groups in total. The molecule has 0 fully saturated rings. The molecular weight excluding hydrogens is 263 g/mol. The second kappa shape index (κ2) is 6.81. The van der Waals surface area contributed by atoms with Crippen molar-refractivity contribution in [2.45, 2.75) is 12.5 Å². The number of anilines is 1. The zero-order valence-electron chi connectivity index (χ0n) is 9.37. The summed E-state index contributed by atoms with van der Waals surface area (Å²) in [4.78, 5) is 11.7. The number of benzene rings is 1. The Balaban J connectivity index is 2.64. The summed E-state index contributed by atoms with van der Waals surface area (Å²) >= 11 is 11.8. The van der Waals surface area contributed by atoms with Crippen LogP contribution < -0.4 is 11.1 Å². The van der Waals surface area contributed by atoms with Crippen molar-refractivity contribution in [1.29, 1.82) is 0 Å². The van der Waals surface area contributed by atoms with E-state index in [1.807, 2.05) is 0 Å². The lowest BCUT2D eigenvalue weighted by Gasteiger charge is -2.13. The molecule has 6 heteroatoms. The van der Waals surface area contributed by atoms with Gasteiger partial charge < -0.3 is 15.8 Å². The van der Waals surface area contributed by atoms with E-state index in [4.69, 9.17) is 33.7 Å². The maximum atomic E-state index is 11.7. The number of carbonyl (C=O) groups is 1. The first kappa shape index (κ1) is 14.3. The minimum Gasteiger partial charge on any atom is -0.385 e. The number of ether oxygens (including phenoxy) is 1. The third-order valence-electron chi connectivity index (χ3n) is 2.18. The average Bonchev–Trinajstić information content (AvgIpc) is 2.31. The smallest absolute Gasteiger partial charge is 0.241 e. The number of amides is 1. The van der Waals surface area contributed by atoms with Crippen LogP contribution in [0.1, 0.15) is 6.42 Å². The fourth-order valence-electron chi connectivity index (χ4n) is 1.20. The van der Waals surface area contributed by atoms with Gasteiger partial charge in [-0.2, -0.15) is 0 Å². The molecule has 0 radical (unpaired) electrons. The van der Waals surface area contributed by atoms with Crippen LogP contribution in [-0.2, 0) is 9.53 Å². The van der Waals surface area contributed by atoms with Gasteiger partial charge in [0.15, 0.2) is 0 Å². The van der Waals surface area contributed by atoms with Crippen LogP contribution in [-0.4, -0.2) is 25.7 Å². The Morgan fingerprint density at radius 3 is 2.88 bits per heavy atom. The predicted octanol–water partition coefficient (Wildman–Crippen LogP) is 2.30. The van der Waals surface area contributed by atoms with Gasteiger partial charge in [0.25, 0.3) is 0 Å². The molecule has 1 amide bonds. The van der Waals surface area contributed by atoms with E-state index in [0.29, 0.717) is 28.8 Å². The van der Waals surface area contributed by atoms with Crippen molar-refractivity contribution in [3.05, 3.63) is 28.2 Å². The molecule has 0 spiro atoms. The molecule has 17 heavy (non-hydrogen) atoms. The van der Waals surface area contributed by atoms with Crippen molar-refractivity contribution in [1.82, 2.24) is 0 Å². The molecule has 1 atom stereocenters. The Morgan fingerprint density at radius 1 is 1.53 bits per heavy atom. The van der Waals surface area contributed by atoms with E-state index < -0.39 is 6.04 Å². The SMILES string of the molecule is COCCC(N)C(=O)Nc1cccc(Cl)c1Cl. The Labute approximate surface area is 110 Å². The topological polar surface area (TPSA) is 64.3 Å². The number of nitrogens with one attached hydrogen (secondary N) is 1. The van der Waals surface area contributed by atoms with Crippen LogP contribution in [0.3, 0.4) is 0 Å². The number of hydrogen-bond acceptors (Lipinski definition) is 3. The van der Waals surface area contributed by atoms with Gasteiger partial charge in [-0.1, -0.05) is 29.3 Å².